The molecular weight excluding hydrogens is 320 g/mol. The standard InChI is InChI=1S/C18H18N4O3/c23-17(22(14-3-4-14)12-13-7-9-19-10-8-13)6-5-16-20-18(21-25-16)15-2-1-11-24-15/h1-2,7-11,14H,3-6,12H2. The third kappa shape index (κ3) is 3.76. The lowest BCUT2D eigenvalue weighted by atomic mass is 10.2. The molecule has 0 saturated heterocycles. The molecular formula is C18H18N4O3. The quantitative estimate of drug-likeness (QED) is 0.658. The zero-order chi connectivity index (χ0) is 17.1. The molecule has 0 aliphatic heterocycles. The number of furan rings is 1. The smallest absolute Gasteiger partial charge is 0.238 e. The molecule has 1 aliphatic carbocycles. The second-order valence-corrected chi connectivity index (χ2v) is 6.10. The number of aromatic nitrogens is 3. The summed E-state index contributed by atoms with van der Waals surface area (Å²) in [6.07, 6.45) is 7.97. The highest BCUT2D eigenvalue weighted by atomic mass is 16.5. The minimum Gasteiger partial charge on any atom is -0.461 e. The second-order valence-electron chi connectivity index (χ2n) is 6.10. The van der Waals surface area contributed by atoms with Crippen molar-refractivity contribution in [3.8, 4) is 11.6 Å². The molecule has 3 heterocycles. The highest BCUT2D eigenvalue weighted by molar-refractivity contribution is 5.77. The van der Waals surface area contributed by atoms with Gasteiger partial charge < -0.3 is 13.8 Å². The predicted molar refractivity (Wildman–Crippen MR) is 88.1 cm³/mol. The second kappa shape index (κ2) is 6.88. The van der Waals surface area contributed by atoms with Gasteiger partial charge in [-0.05, 0) is 42.7 Å². The number of amides is 1. The number of rotatable bonds is 7. The SMILES string of the molecule is O=C(CCc1nc(-c2ccco2)no1)N(Cc1ccncc1)C1CC1. The normalized spacial score (nSPS) is 13.8. The lowest BCUT2D eigenvalue weighted by Gasteiger charge is -2.22. The first-order valence-electron chi connectivity index (χ1n) is 8.34. The molecule has 0 atom stereocenters. The molecule has 1 aliphatic rings. The van der Waals surface area contributed by atoms with E-state index in [1.807, 2.05) is 17.0 Å². The van der Waals surface area contributed by atoms with Gasteiger partial charge in [-0.15, -0.1) is 0 Å². The fourth-order valence-electron chi connectivity index (χ4n) is 2.71. The molecule has 3 aromatic heterocycles. The number of carbonyl (C=O) groups is 1. The number of carbonyl (C=O) groups excluding carboxylic acids is 1. The molecule has 128 valence electrons. The van der Waals surface area contributed by atoms with Crippen LogP contribution in [0.5, 0.6) is 0 Å². The summed E-state index contributed by atoms with van der Waals surface area (Å²) in [5, 5.41) is 3.88. The van der Waals surface area contributed by atoms with E-state index in [2.05, 4.69) is 15.1 Å². The molecule has 3 aromatic rings. The first kappa shape index (κ1) is 15.6. The van der Waals surface area contributed by atoms with Crippen LogP contribution < -0.4 is 0 Å². The molecule has 1 fully saturated rings. The van der Waals surface area contributed by atoms with Gasteiger partial charge in [-0.1, -0.05) is 5.16 Å². The van der Waals surface area contributed by atoms with Crippen molar-refractivity contribution in [1.29, 1.82) is 0 Å². The van der Waals surface area contributed by atoms with Crippen LogP contribution in [-0.4, -0.2) is 32.0 Å². The number of aryl methyl sites for hydroxylation is 1. The van der Waals surface area contributed by atoms with Crippen molar-refractivity contribution in [3.63, 3.8) is 0 Å². The van der Waals surface area contributed by atoms with Crippen LogP contribution >= 0.6 is 0 Å². The van der Waals surface area contributed by atoms with E-state index < -0.39 is 0 Å². The number of hydrogen-bond acceptors (Lipinski definition) is 6. The highest BCUT2D eigenvalue weighted by Crippen LogP contribution is 2.29. The van der Waals surface area contributed by atoms with E-state index in [0.717, 1.165) is 18.4 Å². The largest absolute Gasteiger partial charge is 0.461 e. The summed E-state index contributed by atoms with van der Waals surface area (Å²) < 4.78 is 10.5. The first-order chi connectivity index (χ1) is 12.3. The van der Waals surface area contributed by atoms with Gasteiger partial charge in [0.05, 0.1) is 6.26 Å². The Morgan fingerprint density at radius 2 is 2.08 bits per heavy atom. The average molecular weight is 338 g/mol. The van der Waals surface area contributed by atoms with Crippen molar-refractivity contribution in [1.82, 2.24) is 20.0 Å². The lowest BCUT2D eigenvalue weighted by molar-refractivity contribution is -0.132. The summed E-state index contributed by atoms with van der Waals surface area (Å²) >= 11 is 0. The molecule has 7 nitrogen and oxygen atoms in total. The van der Waals surface area contributed by atoms with Crippen LogP contribution in [0.3, 0.4) is 0 Å². The average Bonchev–Trinajstić information content (AvgIpc) is 3.12. The summed E-state index contributed by atoms with van der Waals surface area (Å²) in [7, 11) is 0. The molecule has 1 saturated carbocycles. The van der Waals surface area contributed by atoms with E-state index in [9.17, 15) is 4.79 Å². The first-order valence-corrected chi connectivity index (χ1v) is 8.34. The highest BCUT2D eigenvalue weighted by Gasteiger charge is 2.32. The summed E-state index contributed by atoms with van der Waals surface area (Å²) in [5.41, 5.74) is 1.09. The molecule has 25 heavy (non-hydrogen) atoms. The molecule has 1 amide bonds. The maximum Gasteiger partial charge on any atom is 0.238 e. The van der Waals surface area contributed by atoms with E-state index in [1.165, 1.54) is 0 Å². The van der Waals surface area contributed by atoms with Crippen LogP contribution in [0, 0.1) is 0 Å². The third-order valence-corrected chi connectivity index (χ3v) is 4.17. The van der Waals surface area contributed by atoms with Crippen molar-refractivity contribution in [3.05, 3.63) is 54.4 Å². The fraction of sp³-hybridized carbons (Fsp3) is 0.333. The predicted octanol–water partition coefficient (Wildman–Crippen LogP) is 2.85. The van der Waals surface area contributed by atoms with Crippen molar-refractivity contribution in [2.45, 2.75) is 38.3 Å². The number of hydrogen-bond donors (Lipinski definition) is 0. The zero-order valence-electron chi connectivity index (χ0n) is 13.7. The Kier molecular flexibility index (Phi) is 4.28. The maximum absolute atomic E-state index is 12.6. The topological polar surface area (TPSA) is 85.3 Å². The maximum atomic E-state index is 12.6. The van der Waals surface area contributed by atoms with Gasteiger partial charge in [0.15, 0.2) is 5.76 Å². The molecule has 4 rings (SSSR count). The van der Waals surface area contributed by atoms with Gasteiger partial charge in [0.2, 0.25) is 17.6 Å². The van der Waals surface area contributed by atoms with E-state index in [0.29, 0.717) is 42.9 Å². The van der Waals surface area contributed by atoms with Crippen LogP contribution in [0.25, 0.3) is 11.6 Å². The minimum absolute atomic E-state index is 0.108. The van der Waals surface area contributed by atoms with E-state index in [-0.39, 0.29) is 5.91 Å². The van der Waals surface area contributed by atoms with Crippen LogP contribution in [0.2, 0.25) is 0 Å². The number of pyridine rings is 1. The van der Waals surface area contributed by atoms with E-state index >= 15 is 0 Å². The Bertz CT molecular complexity index is 825. The third-order valence-electron chi connectivity index (χ3n) is 4.17. The van der Waals surface area contributed by atoms with Crippen LogP contribution in [-0.2, 0) is 17.8 Å². The van der Waals surface area contributed by atoms with Crippen molar-refractivity contribution in [2.24, 2.45) is 0 Å². The van der Waals surface area contributed by atoms with Gasteiger partial charge in [-0.25, -0.2) is 0 Å². The van der Waals surface area contributed by atoms with Crippen LogP contribution in [0.15, 0.2) is 51.9 Å². The summed E-state index contributed by atoms with van der Waals surface area (Å²) in [5.74, 6) is 1.51. The van der Waals surface area contributed by atoms with Gasteiger partial charge >= 0.3 is 0 Å². The monoisotopic (exact) mass is 338 g/mol. The Hall–Kier alpha value is -2.96. The van der Waals surface area contributed by atoms with Crippen molar-refractivity contribution < 1.29 is 13.7 Å². The zero-order valence-corrected chi connectivity index (χ0v) is 13.7. The van der Waals surface area contributed by atoms with Gasteiger partial charge in [0, 0.05) is 37.8 Å². The molecule has 0 radical (unpaired) electrons. The Morgan fingerprint density at radius 1 is 1.24 bits per heavy atom. The Morgan fingerprint density at radius 3 is 2.80 bits per heavy atom. The Labute approximate surface area is 144 Å². The minimum atomic E-state index is 0.108. The molecule has 0 unspecified atom stereocenters. The van der Waals surface area contributed by atoms with Crippen LogP contribution in [0.1, 0.15) is 30.7 Å². The summed E-state index contributed by atoms with van der Waals surface area (Å²) in [4.78, 5) is 22.9. The van der Waals surface area contributed by atoms with Crippen molar-refractivity contribution >= 4 is 5.91 Å². The molecule has 0 aromatic carbocycles. The summed E-state index contributed by atoms with van der Waals surface area (Å²) in [6.45, 7) is 0.619. The lowest BCUT2D eigenvalue weighted by Crippen LogP contribution is -2.32. The van der Waals surface area contributed by atoms with Crippen molar-refractivity contribution in [2.75, 3.05) is 0 Å². The van der Waals surface area contributed by atoms with Gasteiger partial charge in [-0.3, -0.25) is 9.78 Å². The van der Waals surface area contributed by atoms with Gasteiger partial charge in [0.25, 0.3) is 0 Å². The van der Waals surface area contributed by atoms with Gasteiger partial charge in [-0.2, -0.15) is 4.98 Å². The number of nitrogens with zero attached hydrogens (tertiary/aromatic N) is 4. The van der Waals surface area contributed by atoms with E-state index in [1.54, 1.807) is 30.8 Å². The summed E-state index contributed by atoms with van der Waals surface area (Å²) in [6, 6.07) is 7.76. The van der Waals surface area contributed by atoms with Crippen LogP contribution in [0.4, 0.5) is 0 Å². The Balaban J connectivity index is 1.37. The molecule has 7 heteroatoms. The molecule has 0 bridgehead atoms. The molecule has 0 N–H and O–H groups in total. The molecule has 0 spiro atoms. The fourth-order valence-corrected chi connectivity index (χ4v) is 2.71. The van der Waals surface area contributed by atoms with E-state index in [4.69, 9.17) is 8.94 Å². The van der Waals surface area contributed by atoms with Gasteiger partial charge in [0.1, 0.15) is 0 Å².